The summed E-state index contributed by atoms with van der Waals surface area (Å²) in [7, 11) is 1.84. The Bertz CT molecular complexity index is 723. The Balaban J connectivity index is 0.00000243. The van der Waals surface area contributed by atoms with Crippen molar-refractivity contribution in [3.63, 3.8) is 0 Å². The van der Waals surface area contributed by atoms with Gasteiger partial charge in [-0.25, -0.2) is 4.98 Å². The van der Waals surface area contributed by atoms with Gasteiger partial charge in [-0.05, 0) is 32.3 Å². The molecular weight excluding hydrogens is 455 g/mol. The minimum absolute atomic E-state index is 0. The third-order valence-corrected chi connectivity index (χ3v) is 6.29. The highest BCUT2D eigenvalue weighted by Crippen LogP contribution is 2.43. The number of halogens is 1. The van der Waals surface area contributed by atoms with E-state index in [4.69, 9.17) is 0 Å². The minimum Gasteiger partial charge on any atom is -0.356 e. The molecule has 0 aliphatic heterocycles. The molecule has 1 aromatic carbocycles. The fraction of sp³-hybridized carbons (Fsp3) is 0.500. The number of hydrogen-bond donors (Lipinski definition) is 2. The summed E-state index contributed by atoms with van der Waals surface area (Å²) < 4.78 is 0. The van der Waals surface area contributed by atoms with Crippen LogP contribution in [0.25, 0.3) is 0 Å². The van der Waals surface area contributed by atoms with Crippen molar-refractivity contribution in [2.24, 2.45) is 4.99 Å². The molecule has 2 N–H and O–H groups in total. The van der Waals surface area contributed by atoms with Crippen molar-refractivity contribution < 1.29 is 0 Å². The van der Waals surface area contributed by atoms with E-state index in [1.807, 2.05) is 7.05 Å². The topological polar surface area (TPSA) is 49.3 Å². The number of nitrogens with zero attached hydrogens (tertiary/aromatic N) is 2. The zero-order valence-corrected chi connectivity index (χ0v) is 19.0. The zero-order valence-electron chi connectivity index (χ0n) is 15.8. The Kier molecular flexibility index (Phi) is 7.88. The fourth-order valence-electron chi connectivity index (χ4n) is 3.54. The molecule has 1 saturated carbocycles. The lowest BCUT2D eigenvalue weighted by Gasteiger charge is -2.43. The summed E-state index contributed by atoms with van der Waals surface area (Å²) >= 11 is 1.79. The van der Waals surface area contributed by atoms with Crippen LogP contribution in [-0.4, -0.2) is 31.1 Å². The summed E-state index contributed by atoms with van der Waals surface area (Å²) in [5.74, 6) is 0.890. The van der Waals surface area contributed by atoms with E-state index in [-0.39, 0.29) is 29.4 Å². The summed E-state index contributed by atoms with van der Waals surface area (Å²) in [5.41, 5.74) is 2.87. The van der Waals surface area contributed by atoms with E-state index in [1.54, 1.807) is 11.3 Å². The van der Waals surface area contributed by atoms with Gasteiger partial charge in [0.05, 0.1) is 10.7 Å². The van der Waals surface area contributed by atoms with Gasteiger partial charge in [-0.2, -0.15) is 0 Å². The first-order chi connectivity index (χ1) is 12.1. The molecule has 1 aliphatic rings. The fourth-order valence-corrected chi connectivity index (χ4v) is 4.47. The van der Waals surface area contributed by atoms with Gasteiger partial charge in [-0.15, -0.1) is 35.3 Å². The van der Waals surface area contributed by atoms with Gasteiger partial charge >= 0.3 is 0 Å². The van der Waals surface area contributed by atoms with Crippen LogP contribution in [0.5, 0.6) is 0 Å². The van der Waals surface area contributed by atoms with E-state index in [0.29, 0.717) is 0 Å². The first kappa shape index (κ1) is 21.2. The number of nitrogens with one attached hydrogen (secondary N) is 2. The van der Waals surface area contributed by atoms with E-state index >= 15 is 0 Å². The zero-order chi connectivity index (χ0) is 17.7. The van der Waals surface area contributed by atoms with Crippen molar-refractivity contribution in [3.8, 4) is 0 Å². The Morgan fingerprint density at radius 1 is 1.19 bits per heavy atom. The Hall–Kier alpha value is -1.15. The SMILES string of the molecule is CN=C(NCCc1sc(C)nc1C)NCC1(c2ccccc2)CCC1.I. The first-order valence-electron chi connectivity index (χ1n) is 9.06. The molecule has 1 aliphatic carbocycles. The third kappa shape index (κ3) is 4.97. The van der Waals surface area contributed by atoms with Gasteiger partial charge in [0.15, 0.2) is 5.96 Å². The maximum Gasteiger partial charge on any atom is 0.191 e. The van der Waals surface area contributed by atoms with E-state index in [0.717, 1.165) is 36.2 Å². The summed E-state index contributed by atoms with van der Waals surface area (Å²) in [4.78, 5) is 10.2. The molecule has 26 heavy (non-hydrogen) atoms. The van der Waals surface area contributed by atoms with Gasteiger partial charge in [-0.1, -0.05) is 36.8 Å². The number of hydrogen-bond acceptors (Lipinski definition) is 3. The van der Waals surface area contributed by atoms with E-state index in [9.17, 15) is 0 Å². The second-order valence-corrected chi connectivity index (χ2v) is 8.13. The quantitative estimate of drug-likeness (QED) is 0.367. The maximum absolute atomic E-state index is 4.49. The average molecular weight is 484 g/mol. The van der Waals surface area contributed by atoms with Crippen LogP contribution in [-0.2, 0) is 11.8 Å². The van der Waals surface area contributed by atoms with Crippen molar-refractivity contribution in [3.05, 3.63) is 51.5 Å². The van der Waals surface area contributed by atoms with Crippen LogP contribution in [0.2, 0.25) is 0 Å². The van der Waals surface area contributed by atoms with Gasteiger partial charge in [0.1, 0.15) is 0 Å². The van der Waals surface area contributed by atoms with Crippen LogP contribution < -0.4 is 10.6 Å². The largest absolute Gasteiger partial charge is 0.356 e. The highest BCUT2D eigenvalue weighted by molar-refractivity contribution is 14.0. The monoisotopic (exact) mass is 484 g/mol. The molecule has 0 bridgehead atoms. The molecule has 3 rings (SSSR count). The third-order valence-electron chi connectivity index (χ3n) is 5.16. The lowest BCUT2D eigenvalue weighted by molar-refractivity contribution is 0.244. The molecule has 6 heteroatoms. The van der Waals surface area contributed by atoms with E-state index < -0.39 is 0 Å². The normalized spacial score (nSPS) is 15.7. The van der Waals surface area contributed by atoms with Crippen LogP contribution in [0.3, 0.4) is 0 Å². The van der Waals surface area contributed by atoms with Gasteiger partial charge in [0, 0.05) is 36.9 Å². The molecular formula is C20H29IN4S. The molecule has 142 valence electrons. The van der Waals surface area contributed by atoms with Crippen LogP contribution in [0.15, 0.2) is 35.3 Å². The standard InChI is InChI=1S/C20H28N4S.HI/c1-15-18(25-16(2)24-15)10-13-22-19(21-3)23-14-20(11-7-12-20)17-8-5-4-6-9-17;/h4-6,8-9H,7,10-14H2,1-3H3,(H2,21,22,23);1H. The molecule has 0 saturated heterocycles. The minimum atomic E-state index is 0. The summed E-state index contributed by atoms with van der Waals surface area (Å²) in [6.07, 6.45) is 4.80. The average Bonchev–Trinajstić information content (AvgIpc) is 2.90. The molecule has 1 aromatic heterocycles. The second kappa shape index (κ2) is 9.69. The molecule has 4 nitrogen and oxygen atoms in total. The van der Waals surface area contributed by atoms with Gasteiger partial charge in [-0.3, -0.25) is 4.99 Å². The predicted molar refractivity (Wildman–Crippen MR) is 122 cm³/mol. The Labute approximate surface area is 177 Å². The number of benzene rings is 1. The van der Waals surface area contributed by atoms with Crippen molar-refractivity contribution in [1.29, 1.82) is 0 Å². The van der Waals surface area contributed by atoms with Crippen molar-refractivity contribution in [2.45, 2.75) is 44.9 Å². The van der Waals surface area contributed by atoms with Crippen molar-refractivity contribution >= 4 is 41.3 Å². The highest BCUT2D eigenvalue weighted by Gasteiger charge is 2.38. The molecule has 2 aromatic rings. The van der Waals surface area contributed by atoms with Gasteiger partial charge < -0.3 is 10.6 Å². The van der Waals surface area contributed by atoms with Crippen LogP contribution in [0, 0.1) is 13.8 Å². The maximum atomic E-state index is 4.49. The Morgan fingerprint density at radius 2 is 1.92 bits per heavy atom. The van der Waals surface area contributed by atoms with Crippen molar-refractivity contribution in [1.82, 2.24) is 15.6 Å². The van der Waals surface area contributed by atoms with Crippen LogP contribution in [0.4, 0.5) is 0 Å². The van der Waals surface area contributed by atoms with Crippen LogP contribution >= 0.6 is 35.3 Å². The number of aliphatic imine (C=N–C) groups is 1. The number of guanidine groups is 1. The van der Waals surface area contributed by atoms with E-state index in [1.165, 1.54) is 29.7 Å². The molecule has 0 radical (unpaired) electrons. The molecule has 1 fully saturated rings. The van der Waals surface area contributed by atoms with Gasteiger partial charge in [0.2, 0.25) is 0 Å². The lowest BCUT2D eigenvalue weighted by Crippen LogP contribution is -2.49. The molecule has 0 unspecified atom stereocenters. The lowest BCUT2D eigenvalue weighted by atomic mass is 9.64. The summed E-state index contributed by atoms with van der Waals surface area (Å²) in [6, 6.07) is 10.9. The Morgan fingerprint density at radius 3 is 2.46 bits per heavy atom. The van der Waals surface area contributed by atoms with Gasteiger partial charge in [0.25, 0.3) is 0 Å². The number of thiazole rings is 1. The number of rotatable bonds is 6. The second-order valence-electron chi connectivity index (χ2n) is 6.84. The highest BCUT2D eigenvalue weighted by atomic mass is 127. The molecule has 1 heterocycles. The number of aromatic nitrogens is 1. The molecule has 0 amide bonds. The van der Waals surface area contributed by atoms with Crippen molar-refractivity contribution in [2.75, 3.05) is 20.1 Å². The summed E-state index contributed by atoms with van der Waals surface area (Å²) in [6.45, 7) is 5.97. The molecule has 0 atom stereocenters. The number of aryl methyl sites for hydroxylation is 2. The predicted octanol–water partition coefficient (Wildman–Crippen LogP) is 4.21. The van der Waals surface area contributed by atoms with E-state index in [2.05, 4.69) is 64.8 Å². The molecule has 0 spiro atoms. The van der Waals surface area contributed by atoms with Crippen LogP contribution in [0.1, 0.15) is 40.4 Å². The summed E-state index contributed by atoms with van der Waals surface area (Å²) in [5, 5.41) is 8.13. The smallest absolute Gasteiger partial charge is 0.191 e. The first-order valence-corrected chi connectivity index (χ1v) is 9.87.